The summed E-state index contributed by atoms with van der Waals surface area (Å²) < 4.78 is 67.6. The van der Waals surface area contributed by atoms with Crippen molar-refractivity contribution in [3.05, 3.63) is 47.5 Å². The molecule has 0 saturated carbocycles. The molecule has 2 aromatic rings. The van der Waals surface area contributed by atoms with Crippen LogP contribution in [-0.2, 0) is 20.0 Å². The van der Waals surface area contributed by atoms with Gasteiger partial charge >= 0.3 is 0 Å². The van der Waals surface area contributed by atoms with Gasteiger partial charge in [-0.05, 0) is 69.5 Å². The first kappa shape index (κ1) is 25.5. The molecule has 1 saturated heterocycles. The molecule has 0 atom stereocenters. The highest BCUT2D eigenvalue weighted by Gasteiger charge is 2.34. The van der Waals surface area contributed by atoms with E-state index in [9.17, 15) is 16.8 Å². The first-order valence-electron chi connectivity index (χ1n) is 11.1. The summed E-state index contributed by atoms with van der Waals surface area (Å²) in [5.74, 6) is 0.607. The number of hydrogen-bond donors (Lipinski definition) is 0. The van der Waals surface area contributed by atoms with Gasteiger partial charge in [-0.15, -0.1) is 0 Å². The van der Waals surface area contributed by atoms with Crippen LogP contribution in [0.5, 0.6) is 11.5 Å². The predicted molar refractivity (Wildman–Crippen MR) is 127 cm³/mol. The van der Waals surface area contributed by atoms with Gasteiger partial charge < -0.3 is 9.47 Å². The molecular formula is C23H32N2O6S2. The third kappa shape index (κ3) is 5.51. The van der Waals surface area contributed by atoms with Gasteiger partial charge in [-0.1, -0.05) is 12.1 Å². The molecule has 3 rings (SSSR count). The van der Waals surface area contributed by atoms with Crippen molar-refractivity contribution in [2.75, 3.05) is 39.4 Å². The molecule has 182 valence electrons. The number of aryl methyl sites for hydroxylation is 2. The van der Waals surface area contributed by atoms with Crippen LogP contribution in [0, 0.1) is 13.8 Å². The van der Waals surface area contributed by atoms with E-state index in [1.54, 1.807) is 50.2 Å². The smallest absolute Gasteiger partial charge is 0.246 e. The average Bonchev–Trinajstić information content (AvgIpc) is 3.04. The first-order valence-corrected chi connectivity index (χ1v) is 14.0. The highest BCUT2D eigenvalue weighted by Crippen LogP contribution is 2.31. The Morgan fingerprint density at radius 2 is 1.09 bits per heavy atom. The lowest BCUT2D eigenvalue weighted by molar-refractivity contribution is 0.327. The normalized spacial score (nSPS) is 16.4. The van der Waals surface area contributed by atoms with E-state index in [4.69, 9.17) is 9.47 Å². The number of benzene rings is 2. The van der Waals surface area contributed by atoms with E-state index in [0.29, 0.717) is 31.1 Å². The maximum Gasteiger partial charge on any atom is 0.246 e. The fourth-order valence-corrected chi connectivity index (χ4v) is 7.18. The van der Waals surface area contributed by atoms with Gasteiger partial charge in [-0.2, -0.15) is 8.61 Å². The lowest BCUT2D eigenvalue weighted by Crippen LogP contribution is -2.37. The molecule has 0 aliphatic carbocycles. The minimum absolute atomic E-state index is 0.0524. The standard InChI is InChI=1S/C23H32N2O6S2/c1-5-30-20-10-8-18(3)16-22(20)32(26,27)24-12-7-13-25(15-14-24)33(28,29)23-17-19(4)9-11-21(23)31-6-2/h8-11,16-17H,5-7,12-15H2,1-4H3. The van der Waals surface area contributed by atoms with Crippen LogP contribution >= 0.6 is 0 Å². The van der Waals surface area contributed by atoms with Crippen molar-refractivity contribution in [3.63, 3.8) is 0 Å². The van der Waals surface area contributed by atoms with Gasteiger partial charge in [0, 0.05) is 26.2 Å². The summed E-state index contributed by atoms with van der Waals surface area (Å²) in [6.45, 7) is 8.48. The summed E-state index contributed by atoms with van der Waals surface area (Å²) in [7, 11) is -7.71. The second kappa shape index (κ2) is 10.4. The van der Waals surface area contributed by atoms with Crippen LogP contribution in [0.1, 0.15) is 31.4 Å². The Morgan fingerprint density at radius 3 is 1.45 bits per heavy atom. The van der Waals surface area contributed by atoms with E-state index >= 15 is 0 Å². The summed E-state index contributed by atoms with van der Waals surface area (Å²) in [5.41, 5.74) is 1.61. The SMILES string of the molecule is CCOc1ccc(C)cc1S(=O)(=O)N1CCCN(S(=O)(=O)c2cc(C)ccc2OCC)CC1. The fraction of sp³-hybridized carbons (Fsp3) is 0.478. The largest absolute Gasteiger partial charge is 0.492 e. The van der Waals surface area contributed by atoms with Crippen LogP contribution in [0.25, 0.3) is 0 Å². The second-order valence-electron chi connectivity index (χ2n) is 7.93. The Morgan fingerprint density at radius 1 is 0.697 bits per heavy atom. The van der Waals surface area contributed by atoms with Crippen molar-refractivity contribution >= 4 is 20.0 Å². The van der Waals surface area contributed by atoms with Crippen LogP contribution in [0.3, 0.4) is 0 Å². The van der Waals surface area contributed by atoms with Crippen LogP contribution in [0.4, 0.5) is 0 Å². The number of rotatable bonds is 8. The maximum absolute atomic E-state index is 13.5. The number of sulfonamides is 2. The molecule has 1 fully saturated rings. The zero-order valence-electron chi connectivity index (χ0n) is 19.6. The molecule has 1 aliphatic rings. The van der Waals surface area contributed by atoms with E-state index in [-0.39, 0.29) is 36.0 Å². The minimum Gasteiger partial charge on any atom is -0.492 e. The Bertz CT molecular complexity index is 1100. The molecule has 0 aromatic heterocycles. The highest BCUT2D eigenvalue weighted by atomic mass is 32.2. The Kier molecular flexibility index (Phi) is 8.04. The van der Waals surface area contributed by atoms with E-state index in [1.165, 1.54) is 8.61 Å². The fourth-order valence-electron chi connectivity index (χ4n) is 3.81. The van der Waals surface area contributed by atoms with Gasteiger partial charge in [-0.25, -0.2) is 16.8 Å². The zero-order valence-corrected chi connectivity index (χ0v) is 21.2. The quantitative estimate of drug-likeness (QED) is 0.557. The van der Waals surface area contributed by atoms with E-state index < -0.39 is 20.0 Å². The summed E-state index contributed by atoms with van der Waals surface area (Å²) >= 11 is 0. The highest BCUT2D eigenvalue weighted by molar-refractivity contribution is 7.89. The zero-order chi connectivity index (χ0) is 24.2. The minimum atomic E-state index is -3.86. The van der Waals surface area contributed by atoms with Crippen molar-refractivity contribution in [2.24, 2.45) is 0 Å². The van der Waals surface area contributed by atoms with E-state index in [2.05, 4.69) is 0 Å². The number of ether oxygens (including phenoxy) is 2. The Balaban J connectivity index is 1.88. The Labute approximate surface area is 197 Å². The third-order valence-electron chi connectivity index (χ3n) is 5.45. The van der Waals surface area contributed by atoms with Crippen molar-refractivity contribution in [1.82, 2.24) is 8.61 Å². The molecule has 0 unspecified atom stereocenters. The lowest BCUT2D eigenvalue weighted by Gasteiger charge is -2.23. The van der Waals surface area contributed by atoms with Crippen molar-refractivity contribution in [2.45, 2.75) is 43.9 Å². The van der Waals surface area contributed by atoms with Crippen LogP contribution in [0.15, 0.2) is 46.2 Å². The third-order valence-corrected chi connectivity index (χ3v) is 9.29. The van der Waals surface area contributed by atoms with E-state index in [1.807, 2.05) is 13.8 Å². The molecule has 10 heteroatoms. The van der Waals surface area contributed by atoms with Crippen LogP contribution in [0.2, 0.25) is 0 Å². The summed E-state index contributed by atoms with van der Waals surface area (Å²) in [4.78, 5) is 0.218. The topological polar surface area (TPSA) is 93.2 Å². The molecule has 0 radical (unpaired) electrons. The van der Waals surface area contributed by atoms with Gasteiger partial charge in [0.25, 0.3) is 0 Å². The monoisotopic (exact) mass is 496 g/mol. The van der Waals surface area contributed by atoms with Crippen molar-refractivity contribution in [1.29, 1.82) is 0 Å². The maximum atomic E-state index is 13.5. The number of hydrogen-bond acceptors (Lipinski definition) is 6. The molecule has 1 heterocycles. The molecular weight excluding hydrogens is 464 g/mol. The van der Waals surface area contributed by atoms with E-state index in [0.717, 1.165) is 11.1 Å². The van der Waals surface area contributed by atoms with Gasteiger partial charge in [0.05, 0.1) is 13.2 Å². The molecule has 0 amide bonds. The summed E-state index contributed by atoms with van der Waals surface area (Å²) in [6.07, 6.45) is 0.379. The van der Waals surface area contributed by atoms with Crippen LogP contribution in [-0.4, -0.2) is 64.8 Å². The van der Waals surface area contributed by atoms with Crippen LogP contribution < -0.4 is 9.47 Å². The molecule has 1 aliphatic heterocycles. The molecule has 0 N–H and O–H groups in total. The summed E-state index contributed by atoms with van der Waals surface area (Å²) in [6, 6.07) is 10.1. The lowest BCUT2D eigenvalue weighted by atomic mass is 10.2. The average molecular weight is 497 g/mol. The van der Waals surface area contributed by atoms with Gasteiger partial charge in [-0.3, -0.25) is 0 Å². The molecule has 33 heavy (non-hydrogen) atoms. The van der Waals surface area contributed by atoms with Crippen molar-refractivity contribution in [3.8, 4) is 11.5 Å². The molecule has 0 spiro atoms. The molecule has 2 aromatic carbocycles. The van der Waals surface area contributed by atoms with Gasteiger partial charge in [0.2, 0.25) is 20.0 Å². The molecule has 8 nitrogen and oxygen atoms in total. The first-order chi connectivity index (χ1) is 15.6. The second-order valence-corrected chi connectivity index (χ2v) is 11.7. The van der Waals surface area contributed by atoms with Crippen molar-refractivity contribution < 1.29 is 26.3 Å². The van der Waals surface area contributed by atoms with Gasteiger partial charge in [0.1, 0.15) is 21.3 Å². The molecule has 0 bridgehead atoms. The Hall–Kier alpha value is -2.14. The number of nitrogens with zero attached hydrogens (tertiary/aromatic N) is 2. The van der Waals surface area contributed by atoms with Gasteiger partial charge in [0.15, 0.2) is 0 Å². The summed E-state index contributed by atoms with van der Waals surface area (Å²) in [5, 5.41) is 0. The predicted octanol–water partition coefficient (Wildman–Crippen LogP) is 3.19.